The van der Waals surface area contributed by atoms with Crippen molar-refractivity contribution in [3.05, 3.63) is 16.9 Å². The second kappa shape index (κ2) is 5.82. The summed E-state index contributed by atoms with van der Waals surface area (Å²) in [6.07, 6.45) is 8.38. The minimum atomic E-state index is 0.302. The molecule has 1 saturated carbocycles. The van der Waals surface area contributed by atoms with E-state index in [1.54, 1.807) is 12.4 Å². The molecule has 0 aromatic carbocycles. The van der Waals surface area contributed by atoms with E-state index in [0.717, 1.165) is 17.4 Å². The van der Waals surface area contributed by atoms with Crippen LogP contribution in [0.3, 0.4) is 0 Å². The molecule has 1 aromatic rings. The summed E-state index contributed by atoms with van der Waals surface area (Å²) in [7, 11) is 0. The molecule has 1 N–H and O–H groups in total. The van der Waals surface area contributed by atoms with Gasteiger partial charge < -0.3 is 5.32 Å². The maximum atomic E-state index is 6.29. The quantitative estimate of drug-likeness (QED) is 0.869. The Morgan fingerprint density at radius 2 is 2.00 bits per heavy atom. The van der Waals surface area contributed by atoms with E-state index in [9.17, 15) is 0 Å². The Bertz CT molecular complexity index is 331. The van der Waals surface area contributed by atoms with Gasteiger partial charge in [-0.2, -0.15) is 0 Å². The average Bonchev–Trinajstić information content (AvgIpc) is 2.30. The minimum absolute atomic E-state index is 0.302. The van der Waals surface area contributed by atoms with E-state index in [1.807, 2.05) is 0 Å². The third-order valence-corrected chi connectivity index (χ3v) is 3.94. The van der Waals surface area contributed by atoms with Gasteiger partial charge in [-0.1, -0.05) is 12.8 Å². The molecule has 0 saturated heterocycles. The first-order valence-corrected chi connectivity index (χ1v) is 6.84. The summed E-state index contributed by atoms with van der Waals surface area (Å²) in [5.74, 6) is 1.22. The summed E-state index contributed by atoms with van der Waals surface area (Å²) in [6, 6.07) is 0. The van der Waals surface area contributed by atoms with Gasteiger partial charge in [-0.05, 0) is 34.7 Å². The minimum Gasteiger partial charge on any atom is -0.354 e. The zero-order chi connectivity index (χ0) is 11.4. The van der Waals surface area contributed by atoms with Crippen molar-refractivity contribution in [3.63, 3.8) is 0 Å². The highest BCUT2D eigenvalue weighted by Gasteiger charge is 2.22. The zero-order valence-corrected chi connectivity index (χ0v) is 11.3. The Kier molecular flexibility index (Phi) is 4.41. The smallest absolute Gasteiger partial charge is 0.222 e. The van der Waals surface area contributed by atoms with Crippen molar-refractivity contribution in [2.45, 2.75) is 31.1 Å². The summed E-state index contributed by atoms with van der Waals surface area (Å²) in [6.45, 7) is 0.871. The molecule has 1 aromatic heterocycles. The lowest BCUT2D eigenvalue weighted by atomic mass is 9.89. The van der Waals surface area contributed by atoms with Crippen LogP contribution in [0.25, 0.3) is 0 Å². The van der Waals surface area contributed by atoms with Gasteiger partial charge >= 0.3 is 0 Å². The predicted octanol–water partition coefficient (Wildman–Crippen LogP) is 3.45. The number of anilines is 1. The normalized spacial score (nSPS) is 25.4. The lowest BCUT2D eigenvalue weighted by molar-refractivity contribution is 0.380. The molecular weight excluding hydrogens is 289 g/mol. The Balaban J connectivity index is 1.84. The highest BCUT2D eigenvalue weighted by Crippen LogP contribution is 2.28. The van der Waals surface area contributed by atoms with Crippen molar-refractivity contribution >= 4 is 33.5 Å². The fourth-order valence-electron chi connectivity index (χ4n) is 2.02. The van der Waals surface area contributed by atoms with Gasteiger partial charge in [0.05, 0.1) is 4.47 Å². The molecule has 88 valence electrons. The number of alkyl halides is 1. The molecule has 2 rings (SSSR count). The van der Waals surface area contributed by atoms with E-state index < -0.39 is 0 Å². The number of hydrogen-bond acceptors (Lipinski definition) is 3. The van der Waals surface area contributed by atoms with Gasteiger partial charge in [-0.3, -0.25) is 0 Å². The molecule has 0 aliphatic heterocycles. The van der Waals surface area contributed by atoms with Crippen LogP contribution in [0.2, 0.25) is 0 Å². The van der Waals surface area contributed by atoms with Crippen LogP contribution >= 0.6 is 27.5 Å². The molecule has 0 radical (unpaired) electrons. The second-order valence-electron chi connectivity index (χ2n) is 4.17. The summed E-state index contributed by atoms with van der Waals surface area (Å²) in [5, 5.41) is 3.55. The molecule has 2 unspecified atom stereocenters. The number of halogens is 2. The van der Waals surface area contributed by atoms with Crippen molar-refractivity contribution < 1.29 is 0 Å². The maximum absolute atomic E-state index is 6.29. The van der Waals surface area contributed by atoms with Crippen molar-refractivity contribution in [2.75, 3.05) is 11.9 Å². The highest BCUT2D eigenvalue weighted by atomic mass is 79.9. The number of aromatic nitrogens is 2. The molecule has 1 heterocycles. The summed E-state index contributed by atoms with van der Waals surface area (Å²) < 4.78 is 0.894. The monoisotopic (exact) mass is 303 g/mol. The van der Waals surface area contributed by atoms with E-state index >= 15 is 0 Å². The van der Waals surface area contributed by atoms with E-state index in [0.29, 0.717) is 17.2 Å². The van der Waals surface area contributed by atoms with Gasteiger partial charge in [0.15, 0.2) is 0 Å². The van der Waals surface area contributed by atoms with Crippen molar-refractivity contribution in [3.8, 4) is 0 Å². The lowest BCUT2D eigenvalue weighted by Gasteiger charge is -2.26. The molecule has 1 fully saturated rings. The van der Waals surface area contributed by atoms with Crippen LogP contribution in [0.5, 0.6) is 0 Å². The molecule has 2 atom stereocenters. The third kappa shape index (κ3) is 3.32. The molecule has 1 aliphatic carbocycles. The second-order valence-corrected chi connectivity index (χ2v) is 5.64. The van der Waals surface area contributed by atoms with Gasteiger partial charge in [0, 0.05) is 24.3 Å². The van der Waals surface area contributed by atoms with Gasteiger partial charge in [0.25, 0.3) is 0 Å². The molecule has 5 heteroatoms. The fourth-order valence-corrected chi connectivity index (χ4v) is 2.59. The molecule has 0 amide bonds. The first kappa shape index (κ1) is 12.1. The predicted molar refractivity (Wildman–Crippen MR) is 69.8 cm³/mol. The van der Waals surface area contributed by atoms with Crippen molar-refractivity contribution in [1.82, 2.24) is 9.97 Å². The summed E-state index contributed by atoms with van der Waals surface area (Å²) in [4.78, 5) is 8.35. The molecular formula is C11H15BrClN3. The van der Waals surface area contributed by atoms with Crippen LogP contribution in [-0.4, -0.2) is 21.9 Å². The maximum Gasteiger partial charge on any atom is 0.222 e. The number of nitrogens with zero attached hydrogens (tertiary/aromatic N) is 2. The van der Waals surface area contributed by atoms with Gasteiger partial charge in [0.1, 0.15) is 0 Å². The SMILES string of the molecule is ClC1CCCCC1CNc1ncc(Br)cn1. The van der Waals surface area contributed by atoms with Crippen LogP contribution < -0.4 is 5.32 Å². The van der Waals surface area contributed by atoms with Gasteiger partial charge in [-0.25, -0.2) is 9.97 Å². The Morgan fingerprint density at radius 3 is 2.69 bits per heavy atom. The topological polar surface area (TPSA) is 37.8 Å². The van der Waals surface area contributed by atoms with Crippen LogP contribution in [-0.2, 0) is 0 Å². The van der Waals surface area contributed by atoms with Crippen LogP contribution in [0.4, 0.5) is 5.95 Å². The van der Waals surface area contributed by atoms with E-state index in [-0.39, 0.29) is 0 Å². The van der Waals surface area contributed by atoms with Crippen molar-refractivity contribution in [1.29, 1.82) is 0 Å². The third-order valence-electron chi connectivity index (χ3n) is 2.96. The number of nitrogens with one attached hydrogen (secondary N) is 1. The zero-order valence-electron chi connectivity index (χ0n) is 9.00. The molecule has 0 spiro atoms. The molecule has 16 heavy (non-hydrogen) atoms. The molecule has 3 nitrogen and oxygen atoms in total. The van der Waals surface area contributed by atoms with E-state index in [2.05, 4.69) is 31.2 Å². The Labute approximate surface area is 109 Å². The summed E-state index contributed by atoms with van der Waals surface area (Å²) in [5.41, 5.74) is 0. The van der Waals surface area contributed by atoms with Crippen LogP contribution in [0.15, 0.2) is 16.9 Å². The number of hydrogen-bond donors (Lipinski definition) is 1. The van der Waals surface area contributed by atoms with Crippen molar-refractivity contribution in [2.24, 2.45) is 5.92 Å². The standard InChI is InChI=1S/C11H15BrClN3/c12-9-6-15-11(16-7-9)14-5-8-3-1-2-4-10(8)13/h6-8,10H,1-5H2,(H,14,15,16). The van der Waals surface area contributed by atoms with E-state index in [1.165, 1.54) is 19.3 Å². The molecule has 1 aliphatic rings. The lowest BCUT2D eigenvalue weighted by Crippen LogP contribution is -2.27. The Morgan fingerprint density at radius 1 is 1.31 bits per heavy atom. The van der Waals surface area contributed by atoms with Gasteiger partial charge in [-0.15, -0.1) is 11.6 Å². The average molecular weight is 305 g/mol. The summed E-state index contributed by atoms with van der Waals surface area (Å²) >= 11 is 9.59. The number of rotatable bonds is 3. The van der Waals surface area contributed by atoms with Crippen LogP contribution in [0, 0.1) is 5.92 Å². The molecule has 0 bridgehead atoms. The first-order chi connectivity index (χ1) is 7.75. The van der Waals surface area contributed by atoms with E-state index in [4.69, 9.17) is 11.6 Å². The largest absolute Gasteiger partial charge is 0.354 e. The van der Waals surface area contributed by atoms with Gasteiger partial charge in [0.2, 0.25) is 5.95 Å². The fraction of sp³-hybridized carbons (Fsp3) is 0.636. The Hall–Kier alpha value is -0.350. The first-order valence-electron chi connectivity index (χ1n) is 5.61. The van der Waals surface area contributed by atoms with Crippen LogP contribution in [0.1, 0.15) is 25.7 Å². The highest BCUT2D eigenvalue weighted by molar-refractivity contribution is 9.10.